The number of alkyl halides is 2. The average Bonchev–Trinajstić information content (AvgIpc) is 2.65. The second-order valence-corrected chi connectivity index (χ2v) is 6.35. The van der Waals surface area contributed by atoms with E-state index in [0.717, 1.165) is 57.1 Å². The first-order chi connectivity index (χ1) is 13.0. The number of unbranched alkanes of at least 4 members (excludes halogenated alkanes) is 1. The van der Waals surface area contributed by atoms with E-state index in [1.165, 1.54) is 0 Å². The predicted octanol–water partition coefficient (Wildman–Crippen LogP) is 3.81. The lowest BCUT2D eigenvalue weighted by Gasteiger charge is -2.22. The van der Waals surface area contributed by atoms with Gasteiger partial charge in [-0.25, -0.2) is 0 Å². The van der Waals surface area contributed by atoms with E-state index in [2.05, 4.69) is 28.8 Å². The van der Waals surface area contributed by atoms with Crippen LogP contribution in [0.4, 0.5) is 8.78 Å². The van der Waals surface area contributed by atoms with Crippen molar-refractivity contribution in [2.75, 3.05) is 39.8 Å². The Bertz CT molecular complexity index is 533. The lowest BCUT2D eigenvalue weighted by Crippen LogP contribution is -2.38. The fourth-order valence-corrected chi connectivity index (χ4v) is 2.77. The van der Waals surface area contributed by atoms with E-state index in [0.29, 0.717) is 6.54 Å². The molecule has 1 aromatic carbocycles. The fourth-order valence-electron chi connectivity index (χ4n) is 2.77. The molecule has 0 unspecified atom stereocenters. The maximum atomic E-state index is 12.2. The van der Waals surface area contributed by atoms with Gasteiger partial charge in [0.05, 0.1) is 0 Å². The summed E-state index contributed by atoms with van der Waals surface area (Å²) >= 11 is 0. The Balaban J connectivity index is 2.52. The number of guanidine groups is 1. The zero-order chi connectivity index (χ0) is 20.1. The van der Waals surface area contributed by atoms with Gasteiger partial charge in [-0.3, -0.25) is 4.99 Å². The third kappa shape index (κ3) is 9.56. The van der Waals surface area contributed by atoms with Crippen molar-refractivity contribution in [3.05, 3.63) is 29.8 Å². The van der Waals surface area contributed by atoms with Gasteiger partial charge in [0.15, 0.2) is 5.96 Å². The van der Waals surface area contributed by atoms with Gasteiger partial charge in [0, 0.05) is 26.7 Å². The van der Waals surface area contributed by atoms with Crippen molar-refractivity contribution in [1.82, 2.24) is 15.1 Å². The number of nitrogens with one attached hydrogen (secondary N) is 1. The summed E-state index contributed by atoms with van der Waals surface area (Å²) < 4.78 is 28.8. The molecule has 0 heterocycles. The number of ether oxygens (including phenoxy) is 1. The van der Waals surface area contributed by atoms with Crippen LogP contribution in [0.15, 0.2) is 29.3 Å². The summed E-state index contributed by atoms with van der Waals surface area (Å²) in [6.07, 6.45) is 2.19. The van der Waals surface area contributed by atoms with Gasteiger partial charge in [0.25, 0.3) is 0 Å². The quantitative estimate of drug-likeness (QED) is 0.338. The van der Waals surface area contributed by atoms with E-state index < -0.39 is 6.61 Å². The molecule has 0 amide bonds. The summed E-state index contributed by atoms with van der Waals surface area (Å²) in [6, 6.07) is 6.71. The van der Waals surface area contributed by atoms with Crippen LogP contribution in [0.3, 0.4) is 0 Å². The van der Waals surface area contributed by atoms with E-state index in [9.17, 15) is 8.78 Å². The molecule has 0 atom stereocenters. The molecule has 0 saturated carbocycles. The van der Waals surface area contributed by atoms with E-state index >= 15 is 0 Å². The van der Waals surface area contributed by atoms with Crippen LogP contribution in [0, 0.1) is 0 Å². The fraction of sp³-hybridized carbons (Fsp3) is 0.650. The molecule has 27 heavy (non-hydrogen) atoms. The molecule has 0 saturated heterocycles. The molecule has 154 valence electrons. The van der Waals surface area contributed by atoms with Crippen LogP contribution in [0.1, 0.15) is 39.2 Å². The maximum Gasteiger partial charge on any atom is 0.387 e. The van der Waals surface area contributed by atoms with Crippen LogP contribution in [0.5, 0.6) is 5.75 Å². The van der Waals surface area contributed by atoms with Crippen LogP contribution in [0.25, 0.3) is 0 Å². The van der Waals surface area contributed by atoms with Crippen LogP contribution >= 0.6 is 0 Å². The normalized spacial score (nSPS) is 11.9. The Labute approximate surface area is 162 Å². The third-order valence-corrected chi connectivity index (χ3v) is 4.30. The molecule has 0 aliphatic heterocycles. The number of hydrogen-bond acceptors (Lipinski definition) is 3. The lowest BCUT2D eigenvalue weighted by molar-refractivity contribution is -0.0498. The Morgan fingerprint density at radius 3 is 2.33 bits per heavy atom. The molecule has 1 aromatic rings. The van der Waals surface area contributed by atoms with Gasteiger partial charge in [-0.2, -0.15) is 8.78 Å². The van der Waals surface area contributed by atoms with Crippen LogP contribution in [-0.2, 0) is 6.54 Å². The van der Waals surface area contributed by atoms with E-state index in [4.69, 9.17) is 4.99 Å². The molecule has 0 bridgehead atoms. The second kappa shape index (κ2) is 13.3. The molecular weight excluding hydrogens is 350 g/mol. The van der Waals surface area contributed by atoms with Crippen LogP contribution in [0.2, 0.25) is 0 Å². The summed E-state index contributed by atoms with van der Waals surface area (Å²) in [5.41, 5.74) is 1.01. The Hall–Kier alpha value is -1.89. The SMILES string of the molecule is CCNC(=NCCCCN(CC)CC)N(C)Cc1ccc(OC(F)F)cc1. The number of halogens is 2. The molecule has 0 aliphatic rings. The molecule has 0 aliphatic carbocycles. The van der Waals surface area contributed by atoms with Crippen molar-refractivity contribution in [2.45, 2.75) is 46.8 Å². The topological polar surface area (TPSA) is 40.1 Å². The highest BCUT2D eigenvalue weighted by Gasteiger charge is 2.08. The average molecular weight is 385 g/mol. The monoisotopic (exact) mass is 384 g/mol. The molecule has 1 N–H and O–H groups in total. The maximum absolute atomic E-state index is 12.2. The Kier molecular flexibility index (Phi) is 11.4. The lowest BCUT2D eigenvalue weighted by atomic mass is 10.2. The first kappa shape index (κ1) is 23.1. The smallest absolute Gasteiger partial charge is 0.387 e. The Morgan fingerprint density at radius 2 is 1.78 bits per heavy atom. The summed E-state index contributed by atoms with van der Waals surface area (Å²) in [4.78, 5) is 9.16. The highest BCUT2D eigenvalue weighted by Crippen LogP contribution is 2.15. The highest BCUT2D eigenvalue weighted by molar-refractivity contribution is 5.79. The molecule has 5 nitrogen and oxygen atoms in total. The minimum absolute atomic E-state index is 0.171. The largest absolute Gasteiger partial charge is 0.435 e. The molecule has 1 rings (SSSR count). The van der Waals surface area contributed by atoms with Crippen LogP contribution < -0.4 is 10.1 Å². The third-order valence-electron chi connectivity index (χ3n) is 4.30. The zero-order valence-electron chi connectivity index (χ0n) is 17.0. The van der Waals surface area contributed by atoms with Gasteiger partial charge in [0.1, 0.15) is 5.75 Å². The van der Waals surface area contributed by atoms with E-state index in [-0.39, 0.29) is 5.75 Å². The van der Waals surface area contributed by atoms with Gasteiger partial charge in [-0.15, -0.1) is 0 Å². The molecular formula is C20H34F2N4O. The van der Waals surface area contributed by atoms with Gasteiger partial charge >= 0.3 is 6.61 Å². The number of hydrogen-bond donors (Lipinski definition) is 1. The minimum atomic E-state index is -2.80. The predicted molar refractivity (Wildman–Crippen MR) is 108 cm³/mol. The number of nitrogens with zero attached hydrogens (tertiary/aromatic N) is 3. The van der Waals surface area contributed by atoms with Gasteiger partial charge in [-0.05, 0) is 57.1 Å². The minimum Gasteiger partial charge on any atom is -0.435 e. The van der Waals surface area contributed by atoms with Crippen molar-refractivity contribution < 1.29 is 13.5 Å². The summed E-state index contributed by atoms with van der Waals surface area (Å²) in [5, 5.41) is 3.30. The number of benzene rings is 1. The van der Waals surface area contributed by atoms with Crippen LogP contribution in [-0.4, -0.2) is 62.1 Å². The van der Waals surface area contributed by atoms with Crippen molar-refractivity contribution in [2.24, 2.45) is 4.99 Å². The molecule has 0 fully saturated rings. The molecule has 0 spiro atoms. The molecule has 0 aromatic heterocycles. The highest BCUT2D eigenvalue weighted by atomic mass is 19.3. The first-order valence-corrected chi connectivity index (χ1v) is 9.75. The van der Waals surface area contributed by atoms with Crippen molar-refractivity contribution in [3.8, 4) is 5.75 Å². The summed E-state index contributed by atoms with van der Waals surface area (Å²) in [7, 11) is 1.97. The summed E-state index contributed by atoms with van der Waals surface area (Å²) in [6.45, 7) is 9.13. The second-order valence-electron chi connectivity index (χ2n) is 6.35. The van der Waals surface area contributed by atoms with E-state index in [1.54, 1.807) is 24.3 Å². The summed E-state index contributed by atoms with van der Waals surface area (Å²) in [5.74, 6) is 1.03. The van der Waals surface area contributed by atoms with Crippen molar-refractivity contribution >= 4 is 5.96 Å². The van der Waals surface area contributed by atoms with Gasteiger partial charge in [0.2, 0.25) is 0 Å². The first-order valence-electron chi connectivity index (χ1n) is 9.75. The van der Waals surface area contributed by atoms with Gasteiger partial charge in [-0.1, -0.05) is 26.0 Å². The van der Waals surface area contributed by atoms with E-state index in [1.807, 2.05) is 18.9 Å². The Morgan fingerprint density at radius 1 is 1.11 bits per heavy atom. The standard InChI is InChI=1S/C20H34F2N4O/c1-5-23-20(24-14-8-9-15-26(6-2)7-3)25(4)16-17-10-12-18(13-11-17)27-19(21)22/h10-13,19H,5-9,14-16H2,1-4H3,(H,23,24). The van der Waals surface area contributed by atoms with Crippen molar-refractivity contribution in [3.63, 3.8) is 0 Å². The molecule has 7 heteroatoms. The number of rotatable bonds is 12. The van der Waals surface area contributed by atoms with Crippen molar-refractivity contribution in [1.29, 1.82) is 0 Å². The van der Waals surface area contributed by atoms with Gasteiger partial charge < -0.3 is 19.9 Å². The zero-order valence-corrected chi connectivity index (χ0v) is 17.0. The molecule has 0 radical (unpaired) electrons. The number of aliphatic imine (C=N–C) groups is 1.